The standard InChI is InChI=1S/C20H33N5O.HI/c1-2-21-20(23-13-16-25-14-7-4-8-15-25)22-12-11-19(26)24-17-18-9-5-3-6-10-18;/h3,5-6,9-10H,2,4,7-8,11-17H2,1H3,(H,24,26)(H2,21,22,23);1H. The fraction of sp³-hybridized carbons (Fsp3) is 0.600. The highest BCUT2D eigenvalue weighted by Crippen LogP contribution is 2.07. The monoisotopic (exact) mass is 487 g/mol. The number of nitrogens with one attached hydrogen (secondary N) is 3. The molecule has 152 valence electrons. The molecule has 2 rings (SSSR count). The average molecular weight is 487 g/mol. The van der Waals surface area contributed by atoms with E-state index in [9.17, 15) is 4.79 Å². The van der Waals surface area contributed by atoms with Gasteiger partial charge in [0.1, 0.15) is 0 Å². The third-order valence-electron chi connectivity index (χ3n) is 4.46. The summed E-state index contributed by atoms with van der Waals surface area (Å²) in [6.07, 6.45) is 4.40. The van der Waals surface area contributed by atoms with Crippen LogP contribution >= 0.6 is 24.0 Å². The Labute approximate surface area is 180 Å². The highest BCUT2D eigenvalue weighted by Gasteiger charge is 2.09. The summed E-state index contributed by atoms with van der Waals surface area (Å²) in [7, 11) is 0. The Morgan fingerprint density at radius 2 is 1.81 bits per heavy atom. The second-order valence-electron chi connectivity index (χ2n) is 6.60. The van der Waals surface area contributed by atoms with E-state index < -0.39 is 0 Å². The third-order valence-corrected chi connectivity index (χ3v) is 4.46. The van der Waals surface area contributed by atoms with Crippen molar-refractivity contribution >= 4 is 35.8 Å². The quantitative estimate of drug-likeness (QED) is 0.284. The lowest BCUT2D eigenvalue weighted by molar-refractivity contribution is -0.121. The number of halogens is 1. The van der Waals surface area contributed by atoms with Gasteiger partial charge in [-0.3, -0.25) is 9.79 Å². The van der Waals surface area contributed by atoms with E-state index in [-0.39, 0.29) is 29.9 Å². The van der Waals surface area contributed by atoms with Crippen LogP contribution in [0, 0.1) is 0 Å². The minimum Gasteiger partial charge on any atom is -0.357 e. The van der Waals surface area contributed by atoms with Crippen molar-refractivity contribution in [3.05, 3.63) is 35.9 Å². The van der Waals surface area contributed by atoms with Gasteiger partial charge in [0, 0.05) is 32.6 Å². The molecule has 7 heteroatoms. The van der Waals surface area contributed by atoms with Gasteiger partial charge in [0.25, 0.3) is 0 Å². The summed E-state index contributed by atoms with van der Waals surface area (Å²) in [5.41, 5.74) is 1.11. The van der Waals surface area contributed by atoms with Crippen LogP contribution in [0.5, 0.6) is 0 Å². The van der Waals surface area contributed by atoms with E-state index in [4.69, 9.17) is 0 Å². The zero-order chi connectivity index (χ0) is 18.5. The molecule has 1 aromatic rings. The molecule has 0 spiro atoms. The van der Waals surface area contributed by atoms with Crippen molar-refractivity contribution in [2.24, 2.45) is 4.99 Å². The molecular formula is C20H34IN5O. The smallest absolute Gasteiger partial charge is 0.222 e. The molecule has 6 nitrogen and oxygen atoms in total. The van der Waals surface area contributed by atoms with Crippen LogP contribution in [0.1, 0.15) is 38.2 Å². The molecular weight excluding hydrogens is 453 g/mol. The third kappa shape index (κ3) is 10.5. The first-order valence-corrected chi connectivity index (χ1v) is 9.83. The van der Waals surface area contributed by atoms with Crippen LogP contribution in [0.3, 0.4) is 0 Å². The minimum atomic E-state index is 0. The van der Waals surface area contributed by atoms with E-state index in [2.05, 4.69) is 32.8 Å². The lowest BCUT2D eigenvalue weighted by Crippen LogP contribution is -2.40. The number of aliphatic imine (C=N–C) groups is 1. The summed E-state index contributed by atoms with van der Waals surface area (Å²) in [5, 5.41) is 9.43. The predicted molar refractivity (Wildman–Crippen MR) is 123 cm³/mol. The van der Waals surface area contributed by atoms with Gasteiger partial charge in [-0.05, 0) is 38.4 Å². The van der Waals surface area contributed by atoms with Crippen molar-refractivity contribution in [2.45, 2.75) is 39.2 Å². The molecule has 0 unspecified atom stereocenters. The average Bonchev–Trinajstić information content (AvgIpc) is 2.68. The molecule has 1 aliphatic rings. The summed E-state index contributed by atoms with van der Waals surface area (Å²) in [6, 6.07) is 9.95. The van der Waals surface area contributed by atoms with E-state index in [0.29, 0.717) is 19.5 Å². The van der Waals surface area contributed by atoms with Gasteiger partial charge in [-0.1, -0.05) is 36.8 Å². The number of rotatable bonds is 9. The van der Waals surface area contributed by atoms with Crippen LogP contribution in [0.15, 0.2) is 35.3 Å². The fourth-order valence-electron chi connectivity index (χ4n) is 3.01. The SMILES string of the molecule is CCNC(=NCCN1CCCCC1)NCCC(=O)NCc1ccccc1.I. The number of hydrogen-bond acceptors (Lipinski definition) is 3. The largest absolute Gasteiger partial charge is 0.357 e. The Morgan fingerprint density at radius 1 is 1.07 bits per heavy atom. The summed E-state index contributed by atoms with van der Waals surface area (Å²) in [5.74, 6) is 0.839. The van der Waals surface area contributed by atoms with E-state index in [1.807, 2.05) is 30.3 Å². The summed E-state index contributed by atoms with van der Waals surface area (Å²) in [6.45, 7) is 8.20. The molecule has 0 bridgehead atoms. The predicted octanol–water partition coefficient (Wildman–Crippen LogP) is 2.35. The maximum absolute atomic E-state index is 12.0. The first-order valence-electron chi connectivity index (χ1n) is 9.83. The minimum absolute atomic E-state index is 0. The zero-order valence-electron chi connectivity index (χ0n) is 16.4. The number of carbonyl (C=O) groups excluding carboxylic acids is 1. The van der Waals surface area contributed by atoms with Crippen LogP contribution in [0.25, 0.3) is 0 Å². The second-order valence-corrected chi connectivity index (χ2v) is 6.60. The molecule has 27 heavy (non-hydrogen) atoms. The molecule has 0 atom stereocenters. The maximum Gasteiger partial charge on any atom is 0.222 e. The van der Waals surface area contributed by atoms with Crippen LogP contribution in [0.2, 0.25) is 0 Å². The lowest BCUT2D eigenvalue weighted by atomic mass is 10.1. The van der Waals surface area contributed by atoms with Gasteiger partial charge < -0.3 is 20.9 Å². The number of carbonyl (C=O) groups is 1. The van der Waals surface area contributed by atoms with Gasteiger partial charge in [-0.25, -0.2) is 0 Å². The normalized spacial score (nSPS) is 14.9. The zero-order valence-corrected chi connectivity index (χ0v) is 18.7. The second kappa shape index (κ2) is 14.7. The number of piperidine rings is 1. The van der Waals surface area contributed by atoms with E-state index in [1.54, 1.807) is 0 Å². The number of likely N-dealkylation sites (tertiary alicyclic amines) is 1. The summed E-state index contributed by atoms with van der Waals surface area (Å²) < 4.78 is 0. The molecule has 1 aliphatic heterocycles. The first kappa shape index (κ1) is 23.7. The van der Waals surface area contributed by atoms with E-state index in [1.165, 1.54) is 32.4 Å². The van der Waals surface area contributed by atoms with Crippen LogP contribution in [-0.2, 0) is 11.3 Å². The number of hydrogen-bond donors (Lipinski definition) is 3. The lowest BCUT2D eigenvalue weighted by Gasteiger charge is -2.25. The molecule has 0 aromatic heterocycles. The van der Waals surface area contributed by atoms with Crippen molar-refractivity contribution in [2.75, 3.05) is 39.3 Å². The number of nitrogens with zero attached hydrogens (tertiary/aromatic N) is 2. The van der Waals surface area contributed by atoms with Gasteiger partial charge in [-0.15, -0.1) is 24.0 Å². The Kier molecular flexibility index (Phi) is 12.9. The molecule has 1 saturated heterocycles. The van der Waals surface area contributed by atoms with Crippen molar-refractivity contribution in [3.63, 3.8) is 0 Å². The number of amides is 1. The molecule has 3 N–H and O–H groups in total. The molecule has 1 aromatic carbocycles. The molecule has 1 amide bonds. The Morgan fingerprint density at radius 3 is 2.52 bits per heavy atom. The van der Waals surface area contributed by atoms with Crippen molar-refractivity contribution in [1.29, 1.82) is 0 Å². The molecule has 0 saturated carbocycles. The van der Waals surface area contributed by atoms with Gasteiger partial charge in [0.2, 0.25) is 5.91 Å². The van der Waals surface area contributed by atoms with Crippen molar-refractivity contribution in [1.82, 2.24) is 20.9 Å². The van der Waals surface area contributed by atoms with Crippen molar-refractivity contribution < 1.29 is 4.79 Å². The Hall–Kier alpha value is -1.35. The number of benzene rings is 1. The Bertz CT molecular complexity index is 547. The van der Waals surface area contributed by atoms with Crippen LogP contribution < -0.4 is 16.0 Å². The Balaban J connectivity index is 0.00000364. The fourth-order valence-corrected chi connectivity index (χ4v) is 3.01. The molecule has 0 radical (unpaired) electrons. The van der Waals surface area contributed by atoms with Crippen LogP contribution in [-0.4, -0.2) is 56.0 Å². The van der Waals surface area contributed by atoms with Gasteiger partial charge in [0.05, 0.1) is 6.54 Å². The topological polar surface area (TPSA) is 68.8 Å². The molecule has 1 fully saturated rings. The maximum atomic E-state index is 12.0. The highest BCUT2D eigenvalue weighted by molar-refractivity contribution is 14.0. The summed E-state index contributed by atoms with van der Waals surface area (Å²) >= 11 is 0. The number of guanidine groups is 1. The van der Waals surface area contributed by atoms with Gasteiger partial charge in [-0.2, -0.15) is 0 Å². The summed E-state index contributed by atoms with van der Waals surface area (Å²) in [4.78, 5) is 19.1. The molecule has 0 aliphatic carbocycles. The van der Waals surface area contributed by atoms with Gasteiger partial charge >= 0.3 is 0 Å². The highest BCUT2D eigenvalue weighted by atomic mass is 127. The van der Waals surface area contributed by atoms with Crippen molar-refractivity contribution in [3.8, 4) is 0 Å². The van der Waals surface area contributed by atoms with Gasteiger partial charge in [0.15, 0.2) is 5.96 Å². The first-order chi connectivity index (χ1) is 12.8. The van der Waals surface area contributed by atoms with Crippen LogP contribution in [0.4, 0.5) is 0 Å². The molecule has 1 heterocycles. The van der Waals surface area contributed by atoms with E-state index in [0.717, 1.165) is 31.2 Å². The van der Waals surface area contributed by atoms with E-state index >= 15 is 0 Å².